The Hall–Kier alpha value is -0.570. The number of carbonyl (C=O) groups is 1. The number of hydrogen-bond donors (Lipinski definition) is 1. The lowest BCUT2D eigenvalue weighted by atomic mass is 9.71. The van der Waals surface area contributed by atoms with Gasteiger partial charge in [0.2, 0.25) is 0 Å². The highest BCUT2D eigenvalue weighted by Gasteiger charge is 2.56. The molecule has 80 valence electrons. The fraction of sp³-hybridized carbons (Fsp3) is 0.909. The summed E-state index contributed by atoms with van der Waals surface area (Å²) in [5.74, 6) is -0.641. The molecular weight excluding hydrogens is 180 g/mol. The zero-order valence-electron chi connectivity index (χ0n) is 8.66. The van der Waals surface area contributed by atoms with E-state index in [-0.39, 0.29) is 12.2 Å². The molecule has 2 aliphatic rings. The van der Waals surface area contributed by atoms with Crippen LogP contribution in [0.25, 0.3) is 0 Å². The van der Waals surface area contributed by atoms with Crippen LogP contribution in [0.4, 0.5) is 0 Å². The molecule has 3 unspecified atom stereocenters. The van der Waals surface area contributed by atoms with Crippen molar-refractivity contribution in [1.29, 1.82) is 0 Å². The standard InChI is InChI=1S/C11H18O3/c1-2-3-6-11(10(12)13)7-8-4-5-9(11)14-8/h8-9H,2-7H2,1H3,(H,12,13). The average molecular weight is 198 g/mol. The van der Waals surface area contributed by atoms with E-state index in [0.29, 0.717) is 0 Å². The number of fused-ring (bicyclic) bond motifs is 2. The number of unbranched alkanes of at least 4 members (excludes halogenated alkanes) is 1. The lowest BCUT2D eigenvalue weighted by molar-refractivity contribution is -0.153. The molecule has 0 amide bonds. The van der Waals surface area contributed by atoms with Gasteiger partial charge < -0.3 is 9.84 Å². The third-order valence-corrected chi connectivity index (χ3v) is 3.72. The third kappa shape index (κ3) is 1.34. The molecule has 2 fully saturated rings. The average Bonchev–Trinajstić information content (AvgIpc) is 2.74. The van der Waals surface area contributed by atoms with Gasteiger partial charge >= 0.3 is 5.97 Å². The van der Waals surface area contributed by atoms with Gasteiger partial charge in [-0.2, -0.15) is 0 Å². The normalized spacial score (nSPS) is 40.4. The summed E-state index contributed by atoms with van der Waals surface area (Å²) in [6, 6.07) is 0. The van der Waals surface area contributed by atoms with Gasteiger partial charge in [0, 0.05) is 0 Å². The first-order valence-electron chi connectivity index (χ1n) is 5.58. The van der Waals surface area contributed by atoms with Crippen LogP contribution in [-0.2, 0) is 9.53 Å². The van der Waals surface area contributed by atoms with E-state index < -0.39 is 11.4 Å². The molecule has 3 nitrogen and oxygen atoms in total. The molecule has 0 radical (unpaired) electrons. The van der Waals surface area contributed by atoms with Crippen LogP contribution >= 0.6 is 0 Å². The Morgan fingerprint density at radius 3 is 2.79 bits per heavy atom. The Balaban J connectivity index is 2.11. The van der Waals surface area contributed by atoms with E-state index in [1.54, 1.807) is 0 Å². The van der Waals surface area contributed by atoms with Crippen LogP contribution in [0.15, 0.2) is 0 Å². The molecule has 0 spiro atoms. The summed E-state index contributed by atoms with van der Waals surface area (Å²) in [6.45, 7) is 2.10. The highest BCUT2D eigenvalue weighted by atomic mass is 16.5. The fourth-order valence-electron chi connectivity index (χ4n) is 2.89. The molecule has 0 saturated carbocycles. The predicted molar refractivity (Wildman–Crippen MR) is 52.1 cm³/mol. The lowest BCUT2D eigenvalue weighted by Gasteiger charge is -2.30. The van der Waals surface area contributed by atoms with Crippen molar-refractivity contribution in [3.05, 3.63) is 0 Å². The van der Waals surface area contributed by atoms with Crippen molar-refractivity contribution >= 4 is 5.97 Å². The molecule has 2 heterocycles. The van der Waals surface area contributed by atoms with E-state index >= 15 is 0 Å². The minimum atomic E-state index is -0.641. The molecule has 2 rings (SSSR count). The Morgan fingerprint density at radius 2 is 2.36 bits per heavy atom. The summed E-state index contributed by atoms with van der Waals surface area (Å²) >= 11 is 0. The van der Waals surface area contributed by atoms with Crippen LogP contribution in [0, 0.1) is 5.41 Å². The first-order valence-corrected chi connectivity index (χ1v) is 5.58. The number of carboxylic acids is 1. The van der Waals surface area contributed by atoms with E-state index in [1.807, 2.05) is 0 Å². The quantitative estimate of drug-likeness (QED) is 0.753. The summed E-state index contributed by atoms with van der Waals surface area (Å²) < 4.78 is 5.67. The molecule has 2 saturated heterocycles. The Morgan fingerprint density at radius 1 is 1.57 bits per heavy atom. The van der Waals surface area contributed by atoms with Gasteiger partial charge in [-0.3, -0.25) is 4.79 Å². The topological polar surface area (TPSA) is 46.5 Å². The van der Waals surface area contributed by atoms with Crippen LogP contribution < -0.4 is 0 Å². The number of ether oxygens (including phenoxy) is 1. The zero-order chi connectivity index (χ0) is 10.2. The second kappa shape index (κ2) is 3.54. The zero-order valence-corrected chi connectivity index (χ0v) is 8.66. The molecule has 1 N–H and O–H groups in total. The smallest absolute Gasteiger partial charge is 0.312 e. The molecule has 14 heavy (non-hydrogen) atoms. The fourth-order valence-corrected chi connectivity index (χ4v) is 2.89. The van der Waals surface area contributed by atoms with E-state index in [0.717, 1.165) is 38.5 Å². The van der Waals surface area contributed by atoms with Gasteiger partial charge in [0.05, 0.1) is 17.6 Å². The molecule has 0 aliphatic carbocycles. The van der Waals surface area contributed by atoms with Crippen LogP contribution in [0.5, 0.6) is 0 Å². The van der Waals surface area contributed by atoms with Crippen LogP contribution in [0.1, 0.15) is 45.4 Å². The number of aliphatic carboxylic acids is 1. The first kappa shape index (κ1) is 9.97. The van der Waals surface area contributed by atoms with Gasteiger partial charge in [0.25, 0.3) is 0 Å². The summed E-state index contributed by atoms with van der Waals surface area (Å²) in [5.41, 5.74) is -0.543. The maximum atomic E-state index is 11.3. The molecule has 2 bridgehead atoms. The second-order valence-electron chi connectivity index (χ2n) is 4.59. The van der Waals surface area contributed by atoms with Crippen molar-refractivity contribution in [3.8, 4) is 0 Å². The maximum Gasteiger partial charge on any atom is 0.312 e. The van der Waals surface area contributed by atoms with E-state index in [1.165, 1.54) is 0 Å². The Labute approximate surface area is 84.4 Å². The molecule has 0 aromatic heterocycles. The van der Waals surface area contributed by atoms with Crippen molar-refractivity contribution in [3.63, 3.8) is 0 Å². The molecule has 3 heteroatoms. The minimum absolute atomic E-state index is 0.00319. The highest BCUT2D eigenvalue weighted by Crippen LogP contribution is 2.50. The largest absolute Gasteiger partial charge is 0.481 e. The summed E-state index contributed by atoms with van der Waals surface area (Å²) in [6.07, 6.45) is 5.83. The van der Waals surface area contributed by atoms with E-state index in [9.17, 15) is 9.90 Å². The van der Waals surface area contributed by atoms with Gasteiger partial charge in [-0.15, -0.1) is 0 Å². The van der Waals surface area contributed by atoms with Gasteiger partial charge in [0.1, 0.15) is 0 Å². The van der Waals surface area contributed by atoms with Crippen LogP contribution in [-0.4, -0.2) is 23.3 Å². The monoisotopic (exact) mass is 198 g/mol. The SMILES string of the molecule is CCCCC1(C(=O)O)CC2CCC1O2. The summed E-state index contributed by atoms with van der Waals surface area (Å²) in [5, 5.41) is 9.33. The van der Waals surface area contributed by atoms with Crippen molar-refractivity contribution < 1.29 is 14.6 Å². The molecule has 0 aromatic rings. The van der Waals surface area contributed by atoms with Gasteiger partial charge in [0.15, 0.2) is 0 Å². The molecule has 0 aromatic carbocycles. The minimum Gasteiger partial charge on any atom is -0.481 e. The molecule has 3 atom stereocenters. The van der Waals surface area contributed by atoms with Crippen molar-refractivity contribution in [2.75, 3.05) is 0 Å². The Bertz CT molecular complexity index is 239. The van der Waals surface area contributed by atoms with Crippen LogP contribution in [0.2, 0.25) is 0 Å². The lowest BCUT2D eigenvalue weighted by Crippen LogP contribution is -2.40. The summed E-state index contributed by atoms with van der Waals surface area (Å²) in [4.78, 5) is 11.3. The van der Waals surface area contributed by atoms with Gasteiger partial charge in [-0.05, 0) is 25.7 Å². The van der Waals surface area contributed by atoms with E-state index in [2.05, 4.69) is 6.92 Å². The Kier molecular flexibility index (Phi) is 2.52. The first-order chi connectivity index (χ1) is 6.69. The molecular formula is C11H18O3. The van der Waals surface area contributed by atoms with Crippen molar-refractivity contribution in [1.82, 2.24) is 0 Å². The molecule has 2 aliphatic heterocycles. The van der Waals surface area contributed by atoms with E-state index in [4.69, 9.17) is 4.74 Å². The maximum absolute atomic E-state index is 11.3. The van der Waals surface area contributed by atoms with Crippen LogP contribution in [0.3, 0.4) is 0 Å². The van der Waals surface area contributed by atoms with Crippen molar-refractivity contribution in [2.45, 2.75) is 57.7 Å². The predicted octanol–water partition coefficient (Wildman–Crippen LogP) is 2.20. The second-order valence-corrected chi connectivity index (χ2v) is 4.59. The van der Waals surface area contributed by atoms with Gasteiger partial charge in [-0.1, -0.05) is 19.8 Å². The number of carboxylic acid groups (broad SMARTS) is 1. The third-order valence-electron chi connectivity index (χ3n) is 3.72. The summed E-state index contributed by atoms with van der Waals surface area (Å²) in [7, 11) is 0. The number of rotatable bonds is 4. The highest BCUT2D eigenvalue weighted by molar-refractivity contribution is 5.76. The van der Waals surface area contributed by atoms with Crippen molar-refractivity contribution in [2.24, 2.45) is 5.41 Å². The van der Waals surface area contributed by atoms with Gasteiger partial charge in [-0.25, -0.2) is 0 Å². The number of hydrogen-bond acceptors (Lipinski definition) is 2.